The largest absolute Gasteiger partial charge is 0.492 e. The van der Waals surface area contributed by atoms with E-state index in [9.17, 15) is 4.79 Å². The average Bonchev–Trinajstić information content (AvgIpc) is 2.45. The number of hydrogen-bond acceptors (Lipinski definition) is 4. The molecule has 0 radical (unpaired) electrons. The molecule has 0 atom stereocenters. The first kappa shape index (κ1) is 15.5. The van der Waals surface area contributed by atoms with Crippen LogP contribution in [0.4, 0.5) is 0 Å². The molecule has 0 aliphatic heterocycles. The standard InChI is InChI=1S/C15H23NO3/c1-4-16(5-2)10-11-19-14-8-6-13(7-9-14)12-15(17)18-3/h6-9H,4-5,10-12H2,1-3H3. The number of benzene rings is 1. The smallest absolute Gasteiger partial charge is 0.309 e. The molecule has 0 aromatic heterocycles. The fourth-order valence-corrected chi connectivity index (χ4v) is 1.77. The predicted octanol–water partition coefficient (Wildman–Crippen LogP) is 2.12. The van der Waals surface area contributed by atoms with Gasteiger partial charge in [0.05, 0.1) is 13.5 Å². The van der Waals surface area contributed by atoms with Crippen molar-refractivity contribution in [1.29, 1.82) is 0 Å². The molecule has 0 saturated heterocycles. The first-order valence-electron chi connectivity index (χ1n) is 6.70. The molecular weight excluding hydrogens is 242 g/mol. The quantitative estimate of drug-likeness (QED) is 0.675. The lowest BCUT2D eigenvalue weighted by atomic mass is 10.1. The SMILES string of the molecule is CCN(CC)CCOc1ccc(CC(=O)OC)cc1. The Morgan fingerprint density at radius 2 is 1.79 bits per heavy atom. The van der Waals surface area contributed by atoms with Gasteiger partial charge in [-0.2, -0.15) is 0 Å². The van der Waals surface area contributed by atoms with Crippen LogP contribution in [0.5, 0.6) is 5.75 Å². The van der Waals surface area contributed by atoms with Gasteiger partial charge in [0.1, 0.15) is 12.4 Å². The van der Waals surface area contributed by atoms with Crippen LogP contribution in [-0.4, -0.2) is 44.2 Å². The number of carbonyl (C=O) groups excluding carboxylic acids is 1. The Morgan fingerprint density at radius 3 is 2.32 bits per heavy atom. The van der Waals surface area contributed by atoms with Crippen molar-refractivity contribution >= 4 is 5.97 Å². The minimum absolute atomic E-state index is 0.227. The highest BCUT2D eigenvalue weighted by molar-refractivity contribution is 5.72. The molecule has 106 valence electrons. The summed E-state index contributed by atoms with van der Waals surface area (Å²) in [6.45, 7) is 7.97. The highest BCUT2D eigenvalue weighted by atomic mass is 16.5. The summed E-state index contributed by atoms with van der Waals surface area (Å²) in [6.07, 6.45) is 0.302. The van der Waals surface area contributed by atoms with Gasteiger partial charge < -0.3 is 14.4 Å². The van der Waals surface area contributed by atoms with E-state index in [2.05, 4.69) is 23.5 Å². The molecule has 0 fully saturated rings. The highest BCUT2D eigenvalue weighted by Crippen LogP contribution is 2.12. The second kappa shape index (κ2) is 8.53. The summed E-state index contributed by atoms with van der Waals surface area (Å²) < 4.78 is 10.3. The first-order valence-corrected chi connectivity index (χ1v) is 6.70. The number of carbonyl (C=O) groups is 1. The maximum absolute atomic E-state index is 11.1. The van der Waals surface area contributed by atoms with Crippen LogP contribution in [0.2, 0.25) is 0 Å². The number of ether oxygens (including phenoxy) is 2. The highest BCUT2D eigenvalue weighted by Gasteiger charge is 2.03. The third-order valence-corrected chi connectivity index (χ3v) is 3.07. The third kappa shape index (κ3) is 5.75. The Morgan fingerprint density at radius 1 is 1.16 bits per heavy atom. The second-order valence-electron chi connectivity index (χ2n) is 4.27. The van der Waals surface area contributed by atoms with Gasteiger partial charge >= 0.3 is 5.97 Å². The summed E-state index contributed by atoms with van der Waals surface area (Å²) in [6, 6.07) is 7.56. The van der Waals surface area contributed by atoms with Crippen molar-refractivity contribution in [2.45, 2.75) is 20.3 Å². The van der Waals surface area contributed by atoms with Gasteiger partial charge in [0, 0.05) is 6.54 Å². The van der Waals surface area contributed by atoms with Gasteiger partial charge in [-0.1, -0.05) is 26.0 Å². The number of hydrogen-bond donors (Lipinski definition) is 0. The predicted molar refractivity (Wildman–Crippen MR) is 75.4 cm³/mol. The van der Waals surface area contributed by atoms with Crippen molar-refractivity contribution in [1.82, 2.24) is 4.90 Å². The van der Waals surface area contributed by atoms with Gasteiger partial charge in [0.2, 0.25) is 0 Å². The molecule has 4 heteroatoms. The van der Waals surface area contributed by atoms with Crippen LogP contribution in [0, 0.1) is 0 Å². The van der Waals surface area contributed by atoms with Crippen LogP contribution >= 0.6 is 0 Å². The summed E-state index contributed by atoms with van der Waals surface area (Å²) in [5.41, 5.74) is 0.933. The van der Waals surface area contributed by atoms with E-state index in [1.807, 2.05) is 24.3 Å². The van der Waals surface area contributed by atoms with E-state index in [-0.39, 0.29) is 5.97 Å². The van der Waals surface area contributed by atoms with E-state index in [0.29, 0.717) is 13.0 Å². The zero-order valence-electron chi connectivity index (χ0n) is 12.0. The molecule has 0 unspecified atom stereocenters. The minimum Gasteiger partial charge on any atom is -0.492 e. The fourth-order valence-electron chi connectivity index (χ4n) is 1.77. The lowest BCUT2D eigenvalue weighted by molar-refractivity contribution is -0.139. The van der Waals surface area contributed by atoms with Gasteiger partial charge in [-0.3, -0.25) is 4.79 Å². The molecule has 4 nitrogen and oxygen atoms in total. The Hall–Kier alpha value is -1.55. The van der Waals surface area contributed by atoms with Crippen LogP contribution in [0.3, 0.4) is 0 Å². The van der Waals surface area contributed by atoms with Crippen LogP contribution < -0.4 is 4.74 Å². The molecule has 1 aromatic rings. The molecule has 0 spiro atoms. The third-order valence-electron chi connectivity index (χ3n) is 3.07. The zero-order chi connectivity index (χ0) is 14.1. The molecule has 1 aromatic carbocycles. The number of likely N-dealkylation sites (N-methyl/N-ethyl adjacent to an activating group) is 1. The Labute approximate surface area is 115 Å². The monoisotopic (exact) mass is 265 g/mol. The van der Waals surface area contributed by atoms with Crippen LogP contribution in [-0.2, 0) is 16.0 Å². The molecule has 1 rings (SSSR count). The van der Waals surface area contributed by atoms with E-state index < -0.39 is 0 Å². The van der Waals surface area contributed by atoms with Gasteiger partial charge in [-0.15, -0.1) is 0 Å². The summed E-state index contributed by atoms with van der Waals surface area (Å²) in [5.74, 6) is 0.607. The molecule has 0 aliphatic rings. The molecule has 0 aliphatic carbocycles. The number of rotatable bonds is 8. The second-order valence-corrected chi connectivity index (χ2v) is 4.27. The van der Waals surface area contributed by atoms with Crippen LogP contribution in [0.25, 0.3) is 0 Å². The van der Waals surface area contributed by atoms with Crippen molar-refractivity contribution in [2.75, 3.05) is 33.4 Å². The molecule has 0 amide bonds. The summed E-state index contributed by atoms with van der Waals surface area (Å²) >= 11 is 0. The van der Waals surface area contributed by atoms with E-state index in [1.54, 1.807) is 0 Å². The van der Waals surface area contributed by atoms with E-state index >= 15 is 0 Å². The van der Waals surface area contributed by atoms with Crippen molar-refractivity contribution < 1.29 is 14.3 Å². The van der Waals surface area contributed by atoms with Crippen LogP contribution in [0.15, 0.2) is 24.3 Å². The summed E-state index contributed by atoms with van der Waals surface area (Å²) in [5, 5.41) is 0. The lowest BCUT2D eigenvalue weighted by Crippen LogP contribution is -2.27. The van der Waals surface area contributed by atoms with E-state index in [0.717, 1.165) is 30.9 Å². The van der Waals surface area contributed by atoms with Crippen molar-refractivity contribution in [3.05, 3.63) is 29.8 Å². The number of methoxy groups -OCH3 is 1. The molecule has 19 heavy (non-hydrogen) atoms. The van der Waals surface area contributed by atoms with Crippen molar-refractivity contribution in [2.24, 2.45) is 0 Å². The maximum Gasteiger partial charge on any atom is 0.309 e. The summed E-state index contributed by atoms with van der Waals surface area (Å²) in [4.78, 5) is 13.4. The lowest BCUT2D eigenvalue weighted by Gasteiger charge is -2.18. The zero-order valence-corrected chi connectivity index (χ0v) is 12.0. The van der Waals surface area contributed by atoms with Gasteiger partial charge in [0.25, 0.3) is 0 Å². The topological polar surface area (TPSA) is 38.8 Å². The average molecular weight is 265 g/mol. The van der Waals surface area contributed by atoms with E-state index in [1.165, 1.54) is 7.11 Å². The van der Waals surface area contributed by atoms with Crippen molar-refractivity contribution in [3.63, 3.8) is 0 Å². The molecule has 0 heterocycles. The number of esters is 1. The van der Waals surface area contributed by atoms with Gasteiger partial charge in [-0.05, 0) is 30.8 Å². The minimum atomic E-state index is -0.227. The first-order chi connectivity index (χ1) is 9.19. The van der Waals surface area contributed by atoms with Gasteiger partial charge in [-0.25, -0.2) is 0 Å². The Bertz CT molecular complexity index is 371. The normalized spacial score (nSPS) is 10.5. The van der Waals surface area contributed by atoms with Crippen LogP contribution in [0.1, 0.15) is 19.4 Å². The molecule has 0 saturated carbocycles. The molecular formula is C15H23NO3. The maximum atomic E-state index is 11.1. The van der Waals surface area contributed by atoms with Gasteiger partial charge in [0.15, 0.2) is 0 Å². The van der Waals surface area contributed by atoms with Crippen molar-refractivity contribution in [3.8, 4) is 5.75 Å². The number of nitrogens with zero attached hydrogens (tertiary/aromatic N) is 1. The summed E-state index contributed by atoms with van der Waals surface area (Å²) in [7, 11) is 1.40. The molecule has 0 bridgehead atoms. The fraction of sp³-hybridized carbons (Fsp3) is 0.533. The molecule has 0 N–H and O–H groups in total. The Kier molecular flexibility index (Phi) is 6.97. The van der Waals surface area contributed by atoms with E-state index in [4.69, 9.17) is 4.74 Å². The Balaban J connectivity index is 2.37.